The molecule has 0 bridgehead atoms. The zero-order valence-electron chi connectivity index (χ0n) is 9.76. The fourth-order valence-electron chi connectivity index (χ4n) is 1.74. The van der Waals surface area contributed by atoms with Crippen molar-refractivity contribution >= 4 is 27.3 Å². The lowest BCUT2D eigenvalue weighted by atomic mass is 9.98. The van der Waals surface area contributed by atoms with Gasteiger partial charge in [0.2, 0.25) is 0 Å². The molecular formula is C13H14BrNOS. The summed E-state index contributed by atoms with van der Waals surface area (Å²) in [6.45, 7) is 2.20. The van der Waals surface area contributed by atoms with Crippen molar-refractivity contribution in [2.75, 3.05) is 7.11 Å². The Bertz CT molecular complexity index is 471. The molecule has 0 aliphatic rings. The number of thiophene rings is 1. The van der Waals surface area contributed by atoms with Gasteiger partial charge >= 0.3 is 0 Å². The molecule has 0 fully saturated rings. The van der Waals surface area contributed by atoms with Crippen LogP contribution in [0.25, 0.3) is 0 Å². The number of rotatable bonds is 4. The topological polar surface area (TPSA) is 22.1 Å². The standard InChI is InChI=1S/C13H14BrNOS/c1-9(10-3-6-15-7-4-10)12(14)13-11(16-2)5-8-17-13/h3-9,12H,1-2H3. The molecule has 2 aromatic heterocycles. The average molecular weight is 312 g/mol. The second-order valence-electron chi connectivity index (χ2n) is 3.82. The molecule has 0 aromatic carbocycles. The molecule has 2 atom stereocenters. The van der Waals surface area contributed by atoms with Crippen LogP contribution in [0.3, 0.4) is 0 Å². The molecule has 0 aliphatic heterocycles. The first kappa shape index (κ1) is 12.6. The van der Waals surface area contributed by atoms with Gasteiger partial charge in [-0.15, -0.1) is 11.3 Å². The molecule has 0 amide bonds. The van der Waals surface area contributed by atoms with Crippen molar-refractivity contribution in [2.24, 2.45) is 0 Å². The van der Waals surface area contributed by atoms with Gasteiger partial charge in [0, 0.05) is 12.4 Å². The van der Waals surface area contributed by atoms with E-state index in [9.17, 15) is 0 Å². The lowest BCUT2D eigenvalue weighted by Gasteiger charge is -2.18. The van der Waals surface area contributed by atoms with E-state index in [-0.39, 0.29) is 4.83 Å². The molecule has 90 valence electrons. The van der Waals surface area contributed by atoms with E-state index in [4.69, 9.17) is 4.74 Å². The van der Waals surface area contributed by atoms with Crippen LogP contribution in [-0.2, 0) is 0 Å². The molecule has 0 saturated carbocycles. The maximum Gasteiger partial charge on any atom is 0.133 e. The van der Waals surface area contributed by atoms with E-state index in [0.717, 1.165) is 5.75 Å². The maximum atomic E-state index is 5.36. The average Bonchev–Trinajstić information content (AvgIpc) is 2.86. The van der Waals surface area contributed by atoms with E-state index < -0.39 is 0 Å². The molecule has 2 heterocycles. The summed E-state index contributed by atoms with van der Waals surface area (Å²) in [5.41, 5.74) is 1.28. The van der Waals surface area contributed by atoms with Gasteiger partial charge in [-0.1, -0.05) is 22.9 Å². The normalized spacial score (nSPS) is 14.3. The number of methoxy groups -OCH3 is 1. The number of nitrogens with zero attached hydrogens (tertiary/aromatic N) is 1. The van der Waals surface area contributed by atoms with Gasteiger partial charge in [0.25, 0.3) is 0 Å². The predicted molar refractivity (Wildman–Crippen MR) is 75.2 cm³/mol. The largest absolute Gasteiger partial charge is 0.496 e. The second-order valence-corrected chi connectivity index (χ2v) is 5.76. The van der Waals surface area contributed by atoms with Crippen molar-refractivity contribution in [1.29, 1.82) is 0 Å². The monoisotopic (exact) mass is 311 g/mol. The van der Waals surface area contributed by atoms with Crippen molar-refractivity contribution in [1.82, 2.24) is 4.98 Å². The molecule has 0 saturated heterocycles. The summed E-state index contributed by atoms with van der Waals surface area (Å²) < 4.78 is 5.36. The van der Waals surface area contributed by atoms with Gasteiger partial charge in [-0.2, -0.15) is 0 Å². The highest BCUT2D eigenvalue weighted by molar-refractivity contribution is 9.09. The van der Waals surface area contributed by atoms with Crippen LogP contribution in [0.4, 0.5) is 0 Å². The highest BCUT2D eigenvalue weighted by atomic mass is 79.9. The van der Waals surface area contributed by atoms with E-state index in [0.29, 0.717) is 5.92 Å². The molecule has 0 radical (unpaired) electrons. The minimum Gasteiger partial charge on any atom is -0.496 e. The van der Waals surface area contributed by atoms with Crippen molar-refractivity contribution in [3.63, 3.8) is 0 Å². The minimum absolute atomic E-state index is 0.264. The molecule has 17 heavy (non-hydrogen) atoms. The molecular weight excluding hydrogens is 298 g/mol. The third-order valence-electron chi connectivity index (χ3n) is 2.80. The Morgan fingerprint density at radius 3 is 2.65 bits per heavy atom. The summed E-state index contributed by atoms with van der Waals surface area (Å²) in [6.07, 6.45) is 3.66. The summed E-state index contributed by atoms with van der Waals surface area (Å²) in [5.74, 6) is 1.34. The lowest BCUT2D eigenvalue weighted by Crippen LogP contribution is -2.02. The van der Waals surface area contributed by atoms with E-state index in [1.54, 1.807) is 18.4 Å². The molecule has 2 rings (SSSR count). The van der Waals surface area contributed by atoms with Gasteiger partial charge in [-0.05, 0) is 35.1 Å². The van der Waals surface area contributed by atoms with E-state index in [2.05, 4.69) is 45.4 Å². The van der Waals surface area contributed by atoms with Gasteiger partial charge in [-0.3, -0.25) is 4.98 Å². The molecule has 2 aromatic rings. The summed E-state index contributed by atoms with van der Waals surface area (Å²) in [5, 5.41) is 2.06. The molecule has 0 aliphatic carbocycles. The zero-order valence-corrected chi connectivity index (χ0v) is 12.2. The smallest absolute Gasteiger partial charge is 0.133 e. The summed E-state index contributed by atoms with van der Waals surface area (Å²) in [4.78, 5) is 5.54. The SMILES string of the molecule is COc1ccsc1C(Br)C(C)c1ccncc1. The first-order valence-electron chi connectivity index (χ1n) is 5.39. The summed E-state index contributed by atoms with van der Waals surface area (Å²) in [6, 6.07) is 6.12. The van der Waals surface area contributed by atoms with Gasteiger partial charge in [0.05, 0.1) is 16.8 Å². The van der Waals surface area contributed by atoms with Crippen molar-refractivity contribution in [2.45, 2.75) is 17.7 Å². The third kappa shape index (κ3) is 2.69. The Kier molecular flexibility index (Phi) is 4.18. The van der Waals surface area contributed by atoms with Crippen LogP contribution in [-0.4, -0.2) is 12.1 Å². The van der Waals surface area contributed by atoms with E-state index in [1.807, 2.05) is 18.5 Å². The third-order valence-corrected chi connectivity index (χ3v) is 5.33. The highest BCUT2D eigenvalue weighted by Gasteiger charge is 2.22. The van der Waals surface area contributed by atoms with Crippen LogP contribution in [0.2, 0.25) is 0 Å². The predicted octanol–water partition coefficient (Wildman–Crippen LogP) is 4.39. The molecule has 4 heteroatoms. The fraction of sp³-hybridized carbons (Fsp3) is 0.308. The Hall–Kier alpha value is -0.870. The van der Waals surface area contributed by atoms with Crippen LogP contribution in [0.1, 0.15) is 28.1 Å². The number of hydrogen-bond acceptors (Lipinski definition) is 3. The zero-order chi connectivity index (χ0) is 12.3. The number of ether oxygens (including phenoxy) is 1. The second kappa shape index (κ2) is 5.65. The van der Waals surface area contributed by atoms with Crippen molar-refractivity contribution < 1.29 is 4.74 Å². The van der Waals surface area contributed by atoms with Gasteiger partial charge in [0.1, 0.15) is 5.75 Å². The molecule has 2 nitrogen and oxygen atoms in total. The fourth-order valence-corrected chi connectivity index (χ4v) is 3.54. The van der Waals surface area contributed by atoms with Crippen LogP contribution >= 0.6 is 27.3 Å². The van der Waals surface area contributed by atoms with Gasteiger partial charge < -0.3 is 4.74 Å². The summed E-state index contributed by atoms with van der Waals surface area (Å²) >= 11 is 5.49. The van der Waals surface area contributed by atoms with Crippen LogP contribution in [0.5, 0.6) is 5.75 Å². The molecule has 0 N–H and O–H groups in total. The first-order chi connectivity index (χ1) is 8.24. The Labute approximate surface area is 114 Å². The number of hydrogen-bond donors (Lipinski definition) is 0. The van der Waals surface area contributed by atoms with Crippen LogP contribution < -0.4 is 4.74 Å². The van der Waals surface area contributed by atoms with Crippen LogP contribution in [0, 0.1) is 0 Å². The van der Waals surface area contributed by atoms with E-state index >= 15 is 0 Å². The minimum atomic E-state index is 0.264. The van der Waals surface area contributed by atoms with E-state index in [1.165, 1.54) is 10.4 Å². The maximum absolute atomic E-state index is 5.36. The van der Waals surface area contributed by atoms with Crippen molar-refractivity contribution in [3.05, 3.63) is 46.4 Å². The van der Waals surface area contributed by atoms with Gasteiger partial charge in [-0.25, -0.2) is 0 Å². The van der Waals surface area contributed by atoms with Crippen molar-refractivity contribution in [3.8, 4) is 5.75 Å². The number of aromatic nitrogens is 1. The molecule has 2 unspecified atom stereocenters. The van der Waals surface area contributed by atoms with Gasteiger partial charge in [0.15, 0.2) is 0 Å². The number of alkyl halides is 1. The lowest BCUT2D eigenvalue weighted by molar-refractivity contribution is 0.411. The Morgan fingerprint density at radius 1 is 1.29 bits per heavy atom. The highest BCUT2D eigenvalue weighted by Crippen LogP contribution is 2.44. The van der Waals surface area contributed by atoms with Crippen LogP contribution in [0.15, 0.2) is 36.0 Å². The molecule has 0 spiro atoms. The number of pyridine rings is 1. The first-order valence-corrected chi connectivity index (χ1v) is 7.19. The Morgan fingerprint density at radius 2 is 2.00 bits per heavy atom. The number of halogens is 1. The quantitative estimate of drug-likeness (QED) is 0.781. The summed E-state index contributed by atoms with van der Waals surface area (Å²) in [7, 11) is 1.71. The Balaban J connectivity index is 2.23.